The van der Waals surface area contributed by atoms with E-state index in [4.69, 9.17) is 4.42 Å². The smallest absolute Gasteiger partial charge is 0.181 e. The third-order valence-corrected chi connectivity index (χ3v) is 1.97. The Morgan fingerprint density at radius 3 is 3.56 bits per heavy atom. The zero-order valence-corrected chi connectivity index (χ0v) is 5.52. The summed E-state index contributed by atoms with van der Waals surface area (Å²) in [6.07, 6.45) is 3.45. The minimum atomic E-state index is 0.922. The average molecular weight is 139 g/mol. The largest absolute Gasteiger partial charge is 0.447 e. The first kappa shape index (κ1) is 5.11. The summed E-state index contributed by atoms with van der Waals surface area (Å²) in [5.41, 5.74) is 0.980. The predicted molar refractivity (Wildman–Crippen MR) is 36.8 cm³/mol. The Balaban J connectivity index is 2.53. The summed E-state index contributed by atoms with van der Waals surface area (Å²) in [5, 5.41) is 2.03. The van der Waals surface area contributed by atoms with Crippen molar-refractivity contribution in [2.75, 3.05) is 0 Å². The first-order valence-electron chi connectivity index (χ1n) is 2.67. The number of aromatic nitrogens is 1. The normalized spacial score (nSPS) is 15.6. The highest BCUT2D eigenvalue weighted by molar-refractivity contribution is 8.01. The first-order valence-corrected chi connectivity index (χ1v) is 3.72. The Hall–Kier alpha value is -0.700. The van der Waals surface area contributed by atoms with Crippen LogP contribution in [0.5, 0.6) is 0 Å². The minimum Gasteiger partial charge on any atom is -0.447 e. The molecule has 2 heterocycles. The van der Waals surface area contributed by atoms with E-state index in [2.05, 4.69) is 4.98 Å². The Morgan fingerprint density at radius 1 is 1.67 bits per heavy atom. The fraction of sp³-hybridized carbons (Fsp3) is 0.167. The van der Waals surface area contributed by atoms with Crippen molar-refractivity contribution in [3.05, 3.63) is 23.3 Å². The summed E-state index contributed by atoms with van der Waals surface area (Å²) in [6, 6.07) is 0. The highest BCUT2D eigenvalue weighted by Crippen LogP contribution is 2.23. The van der Waals surface area contributed by atoms with Crippen molar-refractivity contribution in [2.24, 2.45) is 0 Å². The molecule has 0 saturated heterocycles. The van der Waals surface area contributed by atoms with Gasteiger partial charge < -0.3 is 4.42 Å². The van der Waals surface area contributed by atoms with Crippen LogP contribution in [0.25, 0.3) is 6.08 Å². The molecular formula is C6H5NOS. The molecule has 0 unspecified atom stereocenters. The number of hydrogen-bond donors (Lipinski definition) is 0. The van der Waals surface area contributed by atoms with Gasteiger partial charge in [-0.15, -0.1) is 11.8 Å². The number of rotatable bonds is 0. The topological polar surface area (TPSA) is 26.0 Å². The lowest BCUT2D eigenvalue weighted by molar-refractivity contribution is 0.523. The molecule has 1 aromatic heterocycles. The van der Waals surface area contributed by atoms with E-state index in [9.17, 15) is 0 Å². The van der Waals surface area contributed by atoms with Gasteiger partial charge >= 0.3 is 0 Å². The van der Waals surface area contributed by atoms with Gasteiger partial charge in [-0.25, -0.2) is 4.98 Å². The van der Waals surface area contributed by atoms with Crippen molar-refractivity contribution in [1.29, 1.82) is 0 Å². The van der Waals surface area contributed by atoms with E-state index in [0.29, 0.717) is 0 Å². The van der Waals surface area contributed by atoms with Crippen molar-refractivity contribution >= 4 is 17.8 Å². The molecular weight excluding hydrogens is 134 g/mol. The molecule has 0 atom stereocenters. The number of thioether (sulfide) groups is 1. The lowest BCUT2D eigenvalue weighted by Gasteiger charge is -1.97. The molecule has 0 fully saturated rings. The van der Waals surface area contributed by atoms with Crippen LogP contribution in [0.2, 0.25) is 0 Å². The second-order valence-corrected chi connectivity index (χ2v) is 2.67. The predicted octanol–water partition coefficient (Wildman–Crippen LogP) is 1.89. The van der Waals surface area contributed by atoms with Crippen LogP contribution in [0.1, 0.15) is 11.5 Å². The molecule has 1 aromatic rings. The molecule has 1 aliphatic rings. The van der Waals surface area contributed by atoms with Crippen molar-refractivity contribution in [2.45, 2.75) is 5.75 Å². The van der Waals surface area contributed by atoms with Crippen molar-refractivity contribution in [3.8, 4) is 0 Å². The van der Waals surface area contributed by atoms with Crippen molar-refractivity contribution in [1.82, 2.24) is 4.98 Å². The summed E-state index contributed by atoms with van der Waals surface area (Å²) in [4.78, 5) is 3.99. The molecule has 1 aliphatic heterocycles. The number of hydrogen-bond acceptors (Lipinski definition) is 3. The van der Waals surface area contributed by atoms with Gasteiger partial charge in [0.05, 0.1) is 5.75 Å². The lowest BCUT2D eigenvalue weighted by Crippen LogP contribution is -1.83. The molecule has 0 bridgehead atoms. The van der Waals surface area contributed by atoms with Gasteiger partial charge in [-0.1, -0.05) is 0 Å². The van der Waals surface area contributed by atoms with Crippen LogP contribution in [0.4, 0.5) is 0 Å². The van der Waals surface area contributed by atoms with Crippen LogP contribution in [0, 0.1) is 0 Å². The zero-order valence-electron chi connectivity index (χ0n) is 4.70. The molecule has 2 nitrogen and oxygen atoms in total. The number of fused-ring (bicyclic) bond motifs is 1. The molecule has 0 radical (unpaired) electrons. The highest BCUT2D eigenvalue weighted by atomic mass is 32.2. The van der Waals surface area contributed by atoms with Gasteiger partial charge in [-0.3, -0.25) is 0 Å². The fourth-order valence-corrected chi connectivity index (χ4v) is 1.45. The van der Waals surface area contributed by atoms with Crippen molar-refractivity contribution in [3.63, 3.8) is 0 Å². The Bertz CT molecular complexity index is 241. The van der Waals surface area contributed by atoms with E-state index < -0.39 is 0 Å². The van der Waals surface area contributed by atoms with E-state index in [1.165, 1.54) is 6.39 Å². The average Bonchev–Trinajstić information content (AvgIpc) is 2.33. The molecule has 46 valence electrons. The number of nitrogens with zero attached hydrogens (tertiary/aromatic N) is 1. The van der Waals surface area contributed by atoms with Gasteiger partial charge in [0, 0.05) is 0 Å². The molecule has 9 heavy (non-hydrogen) atoms. The van der Waals surface area contributed by atoms with Crippen LogP contribution in [-0.2, 0) is 5.75 Å². The second-order valence-electron chi connectivity index (χ2n) is 1.77. The minimum absolute atomic E-state index is 0.922. The molecule has 2 rings (SSSR count). The summed E-state index contributed by atoms with van der Waals surface area (Å²) >= 11 is 1.73. The van der Waals surface area contributed by atoms with Gasteiger partial charge in [0.1, 0.15) is 11.5 Å². The molecule has 0 N–H and O–H groups in total. The van der Waals surface area contributed by atoms with E-state index in [-0.39, 0.29) is 0 Å². The Labute approximate surface area is 57.0 Å². The van der Waals surface area contributed by atoms with Crippen LogP contribution < -0.4 is 0 Å². The maximum absolute atomic E-state index is 5.07. The maximum atomic E-state index is 5.07. The zero-order chi connectivity index (χ0) is 6.10. The Kier molecular flexibility index (Phi) is 1.09. The molecule has 0 aromatic carbocycles. The molecule has 0 aliphatic carbocycles. The SMILES string of the molecule is C1=Cc2ncoc2CS1. The summed E-state index contributed by atoms with van der Waals surface area (Å²) in [5.74, 6) is 1.91. The van der Waals surface area contributed by atoms with Gasteiger partial charge in [-0.05, 0) is 11.5 Å². The van der Waals surface area contributed by atoms with Crippen LogP contribution in [0.15, 0.2) is 16.2 Å². The van der Waals surface area contributed by atoms with Gasteiger partial charge in [-0.2, -0.15) is 0 Å². The van der Waals surface area contributed by atoms with Crippen molar-refractivity contribution < 1.29 is 4.42 Å². The third-order valence-electron chi connectivity index (χ3n) is 1.21. The quantitative estimate of drug-likeness (QED) is 0.549. The van der Waals surface area contributed by atoms with E-state index >= 15 is 0 Å². The molecule has 0 saturated carbocycles. The van der Waals surface area contributed by atoms with Gasteiger partial charge in [0.2, 0.25) is 0 Å². The third kappa shape index (κ3) is 0.772. The second kappa shape index (κ2) is 1.92. The van der Waals surface area contributed by atoms with Crippen LogP contribution >= 0.6 is 11.8 Å². The summed E-state index contributed by atoms with van der Waals surface area (Å²) in [6.45, 7) is 0. The maximum Gasteiger partial charge on any atom is 0.181 e. The molecule has 3 heteroatoms. The number of oxazole rings is 1. The monoisotopic (exact) mass is 139 g/mol. The van der Waals surface area contributed by atoms with E-state index in [1.807, 2.05) is 11.5 Å². The first-order chi connectivity index (χ1) is 4.47. The summed E-state index contributed by atoms with van der Waals surface area (Å²) in [7, 11) is 0. The van der Waals surface area contributed by atoms with Gasteiger partial charge in [0.15, 0.2) is 6.39 Å². The fourth-order valence-electron chi connectivity index (χ4n) is 0.759. The highest BCUT2D eigenvalue weighted by Gasteiger charge is 2.07. The van der Waals surface area contributed by atoms with Crippen LogP contribution in [0.3, 0.4) is 0 Å². The van der Waals surface area contributed by atoms with Gasteiger partial charge in [0.25, 0.3) is 0 Å². The summed E-state index contributed by atoms with van der Waals surface area (Å²) < 4.78 is 5.07. The van der Waals surface area contributed by atoms with E-state index in [0.717, 1.165) is 17.2 Å². The molecule has 0 amide bonds. The standard InChI is InChI=1S/C6H5NOS/c1-2-9-3-6-5(1)7-4-8-6/h1-2,4H,3H2. The molecule has 0 spiro atoms. The lowest BCUT2D eigenvalue weighted by atomic mass is 10.3. The van der Waals surface area contributed by atoms with E-state index in [1.54, 1.807) is 11.8 Å². The Morgan fingerprint density at radius 2 is 2.67 bits per heavy atom. The van der Waals surface area contributed by atoms with Crippen LogP contribution in [-0.4, -0.2) is 4.98 Å².